The average Bonchev–Trinajstić information content (AvgIpc) is 2.01. The maximum Gasteiger partial charge on any atom is 0.157 e. The highest BCUT2D eigenvalue weighted by Crippen LogP contribution is 2.19. The third-order valence-corrected chi connectivity index (χ3v) is 1.94. The largest absolute Gasteiger partial charge is 0.353 e. The van der Waals surface area contributed by atoms with Gasteiger partial charge < -0.3 is 9.47 Å². The highest BCUT2D eigenvalue weighted by atomic mass is 16.7. The molecule has 1 aliphatic heterocycles. The molecular weight excluding hydrogens is 140 g/mol. The zero-order valence-electron chi connectivity index (χ0n) is 7.51. The summed E-state index contributed by atoms with van der Waals surface area (Å²) in [7, 11) is 0. The van der Waals surface area contributed by atoms with Crippen molar-refractivity contribution in [2.24, 2.45) is 0 Å². The van der Waals surface area contributed by atoms with Crippen molar-refractivity contribution in [2.75, 3.05) is 6.61 Å². The minimum absolute atomic E-state index is 0.0821. The van der Waals surface area contributed by atoms with Crippen LogP contribution < -0.4 is 0 Å². The van der Waals surface area contributed by atoms with Crippen LogP contribution in [0.2, 0.25) is 0 Å². The van der Waals surface area contributed by atoms with Crippen molar-refractivity contribution in [3.05, 3.63) is 0 Å². The lowest BCUT2D eigenvalue weighted by Crippen LogP contribution is -2.27. The summed E-state index contributed by atoms with van der Waals surface area (Å²) < 4.78 is 11.0. The maximum absolute atomic E-state index is 5.57. The molecule has 11 heavy (non-hydrogen) atoms. The molecule has 1 fully saturated rings. The van der Waals surface area contributed by atoms with Crippen LogP contribution in [0.3, 0.4) is 0 Å². The fraction of sp³-hybridized carbons (Fsp3) is 1.00. The quantitative estimate of drug-likeness (QED) is 0.627. The van der Waals surface area contributed by atoms with Gasteiger partial charge in [-0.15, -0.1) is 0 Å². The van der Waals surface area contributed by atoms with Crippen molar-refractivity contribution in [1.82, 2.24) is 0 Å². The Kier molecular flexibility index (Phi) is 3.87. The van der Waals surface area contributed by atoms with Crippen LogP contribution in [0.1, 0.15) is 39.5 Å². The average molecular weight is 158 g/mol. The van der Waals surface area contributed by atoms with E-state index < -0.39 is 0 Å². The van der Waals surface area contributed by atoms with Crippen molar-refractivity contribution in [3.8, 4) is 0 Å². The van der Waals surface area contributed by atoms with Crippen LogP contribution in [0.4, 0.5) is 0 Å². The zero-order chi connectivity index (χ0) is 8.10. The third-order valence-electron chi connectivity index (χ3n) is 1.94. The van der Waals surface area contributed by atoms with E-state index in [1.807, 2.05) is 0 Å². The van der Waals surface area contributed by atoms with Crippen LogP contribution >= 0.6 is 0 Å². The maximum atomic E-state index is 5.57. The fourth-order valence-electron chi connectivity index (χ4n) is 1.34. The summed E-state index contributed by atoms with van der Waals surface area (Å²) in [5.74, 6) is 0. The van der Waals surface area contributed by atoms with Crippen molar-refractivity contribution in [1.29, 1.82) is 0 Å². The predicted octanol–water partition coefficient (Wildman–Crippen LogP) is 2.33. The van der Waals surface area contributed by atoms with Crippen molar-refractivity contribution < 1.29 is 9.47 Å². The molecule has 0 aromatic rings. The molecule has 2 heteroatoms. The van der Waals surface area contributed by atoms with Crippen molar-refractivity contribution in [3.63, 3.8) is 0 Å². The van der Waals surface area contributed by atoms with Gasteiger partial charge in [0.2, 0.25) is 0 Å². The predicted molar refractivity (Wildman–Crippen MR) is 44.4 cm³/mol. The summed E-state index contributed by atoms with van der Waals surface area (Å²) in [6, 6.07) is 0. The van der Waals surface area contributed by atoms with Gasteiger partial charge in [0.1, 0.15) is 0 Å². The van der Waals surface area contributed by atoms with Gasteiger partial charge in [0.25, 0.3) is 0 Å². The van der Waals surface area contributed by atoms with Crippen LogP contribution in [0.25, 0.3) is 0 Å². The lowest BCUT2D eigenvalue weighted by molar-refractivity contribution is -0.188. The Labute approximate surface area is 68.9 Å². The van der Waals surface area contributed by atoms with Crippen LogP contribution in [0, 0.1) is 0 Å². The van der Waals surface area contributed by atoms with E-state index in [2.05, 4.69) is 13.8 Å². The lowest BCUT2D eigenvalue weighted by Gasteiger charge is -2.27. The number of hydrogen-bond donors (Lipinski definition) is 0. The first kappa shape index (κ1) is 9.01. The highest BCUT2D eigenvalue weighted by Gasteiger charge is 2.18. The van der Waals surface area contributed by atoms with E-state index in [9.17, 15) is 0 Å². The molecule has 1 heterocycles. The summed E-state index contributed by atoms with van der Waals surface area (Å²) in [5, 5.41) is 0. The third kappa shape index (κ3) is 3.21. The molecule has 2 atom stereocenters. The van der Waals surface area contributed by atoms with Crippen molar-refractivity contribution >= 4 is 0 Å². The molecule has 0 spiro atoms. The molecular formula is C9H18O2. The van der Waals surface area contributed by atoms with Gasteiger partial charge >= 0.3 is 0 Å². The summed E-state index contributed by atoms with van der Waals surface area (Å²) in [6.07, 6.45) is 5.06. The first-order chi connectivity index (χ1) is 5.33. The minimum atomic E-state index is 0.0821. The van der Waals surface area contributed by atoms with E-state index >= 15 is 0 Å². The van der Waals surface area contributed by atoms with E-state index in [4.69, 9.17) is 9.47 Å². The molecule has 0 amide bonds. The van der Waals surface area contributed by atoms with E-state index in [0.717, 1.165) is 19.4 Å². The first-order valence-electron chi connectivity index (χ1n) is 4.60. The number of ether oxygens (including phenoxy) is 2. The molecule has 0 aromatic carbocycles. The zero-order valence-corrected chi connectivity index (χ0v) is 7.51. The standard InChI is InChI=1S/C9H18O2/c1-3-7-10-9-6-4-5-8(2)11-9/h8-9H,3-7H2,1-2H3/t8-,9?/m1/s1. The topological polar surface area (TPSA) is 18.5 Å². The first-order valence-corrected chi connectivity index (χ1v) is 4.60. The van der Waals surface area contributed by atoms with Crippen LogP contribution in [0.5, 0.6) is 0 Å². The SMILES string of the molecule is CCCOC1CCC[C@@H](C)O1. The molecule has 0 N–H and O–H groups in total. The van der Waals surface area contributed by atoms with E-state index in [1.165, 1.54) is 12.8 Å². The minimum Gasteiger partial charge on any atom is -0.353 e. The number of rotatable bonds is 3. The van der Waals surface area contributed by atoms with Gasteiger partial charge in [-0.05, 0) is 32.6 Å². The normalized spacial score (nSPS) is 32.2. The van der Waals surface area contributed by atoms with Crippen LogP contribution in [0.15, 0.2) is 0 Å². The highest BCUT2D eigenvalue weighted by molar-refractivity contribution is 4.61. The Morgan fingerprint density at radius 2 is 2.27 bits per heavy atom. The van der Waals surface area contributed by atoms with E-state index in [1.54, 1.807) is 0 Å². The molecule has 66 valence electrons. The summed E-state index contributed by atoms with van der Waals surface area (Å²) in [5.41, 5.74) is 0. The van der Waals surface area contributed by atoms with Gasteiger partial charge in [-0.25, -0.2) is 0 Å². The van der Waals surface area contributed by atoms with E-state index in [-0.39, 0.29) is 6.29 Å². The van der Waals surface area contributed by atoms with Gasteiger partial charge in [-0.3, -0.25) is 0 Å². The van der Waals surface area contributed by atoms with Gasteiger partial charge in [-0.2, -0.15) is 0 Å². The van der Waals surface area contributed by atoms with E-state index in [0.29, 0.717) is 6.10 Å². The van der Waals surface area contributed by atoms with Crippen molar-refractivity contribution in [2.45, 2.75) is 51.9 Å². The Morgan fingerprint density at radius 3 is 2.91 bits per heavy atom. The Morgan fingerprint density at radius 1 is 1.45 bits per heavy atom. The molecule has 0 aliphatic carbocycles. The molecule has 0 saturated carbocycles. The Hall–Kier alpha value is -0.0800. The van der Waals surface area contributed by atoms with Gasteiger partial charge in [0.15, 0.2) is 6.29 Å². The second-order valence-corrected chi connectivity index (χ2v) is 3.18. The molecule has 1 aliphatic rings. The molecule has 2 nitrogen and oxygen atoms in total. The number of hydrogen-bond acceptors (Lipinski definition) is 2. The summed E-state index contributed by atoms with van der Waals surface area (Å²) >= 11 is 0. The second kappa shape index (κ2) is 4.73. The smallest absolute Gasteiger partial charge is 0.157 e. The van der Waals surface area contributed by atoms with Crippen LogP contribution in [-0.4, -0.2) is 19.0 Å². The van der Waals surface area contributed by atoms with Gasteiger partial charge in [0.05, 0.1) is 6.10 Å². The molecule has 0 aromatic heterocycles. The Balaban J connectivity index is 2.12. The molecule has 0 radical (unpaired) electrons. The Bertz CT molecular complexity index is 104. The van der Waals surface area contributed by atoms with Gasteiger partial charge in [-0.1, -0.05) is 6.92 Å². The molecule has 1 unspecified atom stereocenters. The lowest BCUT2D eigenvalue weighted by atomic mass is 10.1. The van der Waals surface area contributed by atoms with Gasteiger partial charge in [0, 0.05) is 6.61 Å². The molecule has 0 bridgehead atoms. The summed E-state index contributed by atoms with van der Waals surface area (Å²) in [6.45, 7) is 5.06. The van der Waals surface area contributed by atoms with Crippen LogP contribution in [-0.2, 0) is 9.47 Å². The fourth-order valence-corrected chi connectivity index (χ4v) is 1.34. The summed E-state index contributed by atoms with van der Waals surface area (Å²) in [4.78, 5) is 0. The monoisotopic (exact) mass is 158 g/mol. The molecule has 1 saturated heterocycles. The molecule has 1 rings (SSSR count). The second-order valence-electron chi connectivity index (χ2n) is 3.18.